The molecular weight excluding hydrogens is 414 g/mol. The van der Waals surface area contributed by atoms with Crippen LogP contribution in [0.5, 0.6) is 0 Å². The fourth-order valence-electron chi connectivity index (χ4n) is 2.79. The zero-order chi connectivity index (χ0) is 22.2. The Hall–Kier alpha value is -3.52. The average Bonchev–Trinajstić information content (AvgIpc) is 2.76. The van der Waals surface area contributed by atoms with Crippen LogP contribution in [0, 0.1) is 13.8 Å². The summed E-state index contributed by atoms with van der Waals surface area (Å²) in [6.07, 6.45) is 0. The monoisotopic (exact) mass is 435 g/mol. The van der Waals surface area contributed by atoms with Crippen molar-refractivity contribution in [3.8, 4) is 0 Å². The lowest BCUT2D eigenvalue weighted by atomic mass is 10.0. The standard InChI is InChI=1S/C23H21N3O4S/c1-15-12-16(2)25-23(24-15)31-14-21(28)30-13-20(27)26-19-11-7-6-10-18(19)22(29)17-8-4-3-5-9-17/h3-12H,13-14H2,1-2H3,(H,26,27). The van der Waals surface area contributed by atoms with E-state index >= 15 is 0 Å². The first kappa shape index (κ1) is 22.2. The summed E-state index contributed by atoms with van der Waals surface area (Å²) in [5.41, 5.74) is 2.85. The minimum absolute atomic E-state index is 0.0146. The van der Waals surface area contributed by atoms with Gasteiger partial charge in [-0.05, 0) is 32.0 Å². The van der Waals surface area contributed by atoms with Crippen LogP contribution in [0.3, 0.4) is 0 Å². The van der Waals surface area contributed by atoms with Crippen molar-refractivity contribution >= 4 is 35.1 Å². The quantitative estimate of drug-likeness (QED) is 0.250. The van der Waals surface area contributed by atoms with Crippen LogP contribution in [0.15, 0.2) is 65.8 Å². The Kier molecular flexibility index (Phi) is 7.50. The van der Waals surface area contributed by atoms with Crippen LogP contribution in [0.1, 0.15) is 27.3 Å². The third kappa shape index (κ3) is 6.48. The third-order valence-corrected chi connectivity index (χ3v) is 4.95. The maximum Gasteiger partial charge on any atom is 0.316 e. The number of aryl methyl sites for hydroxylation is 2. The number of esters is 1. The highest BCUT2D eigenvalue weighted by molar-refractivity contribution is 7.99. The van der Waals surface area contributed by atoms with Crippen molar-refractivity contribution in [3.63, 3.8) is 0 Å². The lowest BCUT2D eigenvalue weighted by molar-refractivity contribution is -0.144. The van der Waals surface area contributed by atoms with Crippen LogP contribution in [0.4, 0.5) is 5.69 Å². The highest BCUT2D eigenvalue weighted by Gasteiger charge is 2.16. The number of ketones is 1. The van der Waals surface area contributed by atoms with Gasteiger partial charge in [-0.15, -0.1) is 0 Å². The molecule has 3 aromatic rings. The maximum atomic E-state index is 12.7. The van der Waals surface area contributed by atoms with Crippen LogP contribution in [-0.2, 0) is 14.3 Å². The average molecular weight is 436 g/mol. The summed E-state index contributed by atoms with van der Waals surface area (Å²) in [6.45, 7) is 3.24. The van der Waals surface area contributed by atoms with Crippen molar-refractivity contribution in [2.75, 3.05) is 17.7 Å². The Morgan fingerprint density at radius 2 is 1.58 bits per heavy atom. The Balaban J connectivity index is 1.54. The van der Waals surface area contributed by atoms with Gasteiger partial charge in [0.2, 0.25) is 0 Å². The zero-order valence-electron chi connectivity index (χ0n) is 17.1. The summed E-state index contributed by atoms with van der Waals surface area (Å²) in [7, 11) is 0. The van der Waals surface area contributed by atoms with E-state index < -0.39 is 18.5 Å². The van der Waals surface area contributed by atoms with E-state index in [9.17, 15) is 14.4 Å². The first-order valence-corrected chi connectivity index (χ1v) is 10.5. The smallest absolute Gasteiger partial charge is 0.316 e. The highest BCUT2D eigenvalue weighted by Crippen LogP contribution is 2.19. The fraction of sp³-hybridized carbons (Fsp3) is 0.174. The number of hydrogen-bond acceptors (Lipinski definition) is 7. The van der Waals surface area contributed by atoms with Gasteiger partial charge in [0.05, 0.1) is 11.4 Å². The summed E-state index contributed by atoms with van der Waals surface area (Å²) in [4.78, 5) is 45.4. The van der Waals surface area contributed by atoms with Crippen molar-refractivity contribution in [1.29, 1.82) is 0 Å². The first-order valence-electron chi connectivity index (χ1n) is 9.51. The molecule has 0 saturated carbocycles. The number of anilines is 1. The normalized spacial score (nSPS) is 10.4. The van der Waals surface area contributed by atoms with Crippen LogP contribution >= 0.6 is 11.8 Å². The SMILES string of the molecule is Cc1cc(C)nc(SCC(=O)OCC(=O)Nc2ccccc2C(=O)c2ccccc2)n1. The topological polar surface area (TPSA) is 98.2 Å². The molecule has 7 nitrogen and oxygen atoms in total. The largest absolute Gasteiger partial charge is 0.455 e. The second-order valence-corrected chi connectivity index (χ2v) is 7.61. The summed E-state index contributed by atoms with van der Waals surface area (Å²) in [5.74, 6) is -1.32. The molecule has 0 fully saturated rings. The molecule has 1 N–H and O–H groups in total. The molecule has 31 heavy (non-hydrogen) atoms. The number of nitrogens with one attached hydrogen (secondary N) is 1. The number of thioether (sulfide) groups is 1. The van der Waals surface area contributed by atoms with Gasteiger partial charge < -0.3 is 10.1 Å². The molecule has 0 aliphatic rings. The molecule has 0 saturated heterocycles. The van der Waals surface area contributed by atoms with E-state index in [2.05, 4.69) is 15.3 Å². The number of nitrogens with zero attached hydrogens (tertiary/aromatic N) is 2. The van der Waals surface area contributed by atoms with Crippen LogP contribution in [0.2, 0.25) is 0 Å². The minimum Gasteiger partial charge on any atom is -0.455 e. The molecule has 0 spiro atoms. The molecule has 0 radical (unpaired) electrons. The summed E-state index contributed by atoms with van der Waals surface area (Å²) >= 11 is 1.14. The molecule has 2 aromatic carbocycles. The van der Waals surface area contributed by atoms with E-state index in [0.29, 0.717) is 22.0 Å². The van der Waals surface area contributed by atoms with Crippen molar-refractivity contribution < 1.29 is 19.1 Å². The molecule has 0 unspecified atom stereocenters. The van der Waals surface area contributed by atoms with Crippen molar-refractivity contribution in [2.45, 2.75) is 19.0 Å². The molecule has 1 amide bonds. The summed E-state index contributed by atoms with van der Waals surface area (Å²) in [5, 5.41) is 3.12. The van der Waals surface area contributed by atoms with Crippen LogP contribution in [-0.4, -0.2) is 40.0 Å². The number of amides is 1. The Morgan fingerprint density at radius 3 is 2.29 bits per heavy atom. The number of benzene rings is 2. The third-order valence-electron chi connectivity index (χ3n) is 4.13. The zero-order valence-corrected chi connectivity index (χ0v) is 17.9. The lowest BCUT2D eigenvalue weighted by Gasteiger charge is -2.11. The van der Waals surface area contributed by atoms with E-state index in [0.717, 1.165) is 23.1 Å². The van der Waals surface area contributed by atoms with Gasteiger partial charge in [0, 0.05) is 22.5 Å². The highest BCUT2D eigenvalue weighted by atomic mass is 32.2. The molecule has 158 valence electrons. The number of carbonyl (C=O) groups is 3. The number of carbonyl (C=O) groups excluding carboxylic acids is 3. The second-order valence-electron chi connectivity index (χ2n) is 6.67. The Bertz CT molecular complexity index is 1080. The molecular formula is C23H21N3O4S. The molecule has 8 heteroatoms. The molecule has 0 aliphatic carbocycles. The predicted octanol–water partition coefficient (Wildman–Crippen LogP) is 3.60. The Morgan fingerprint density at radius 1 is 0.935 bits per heavy atom. The van der Waals surface area contributed by atoms with Crippen molar-refractivity contribution in [1.82, 2.24) is 9.97 Å². The van der Waals surface area contributed by atoms with Gasteiger partial charge in [-0.2, -0.15) is 0 Å². The molecule has 0 aliphatic heterocycles. The molecule has 1 aromatic heterocycles. The van der Waals surface area contributed by atoms with E-state index in [4.69, 9.17) is 4.74 Å². The predicted molar refractivity (Wildman–Crippen MR) is 118 cm³/mol. The van der Waals surface area contributed by atoms with Crippen LogP contribution in [0.25, 0.3) is 0 Å². The van der Waals surface area contributed by atoms with Crippen molar-refractivity contribution in [2.24, 2.45) is 0 Å². The molecule has 3 rings (SSSR count). The minimum atomic E-state index is -0.559. The molecule has 0 atom stereocenters. The van der Waals surface area contributed by atoms with Gasteiger partial charge >= 0.3 is 5.97 Å². The number of rotatable bonds is 8. The maximum absolute atomic E-state index is 12.7. The fourth-order valence-corrected chi connectivity index (χ4v) is 3.54. The first-order chi connectivity index (χ1) is 14.9. The van der Waals surface area contributed by atoms with E-state index in [1.807, 2.05) is 26.0 Å². The van der Waals surface area contributed by atoms with Gasteiger partial charge in [0.1, 0.15) is 0 Å². The van der Waals surface area contributed by atoms with E-state index in [1.165, 1.54) is 0 Å². The number of para-hydroxylation sites is 1. The van der Waals surface area contributed by atoms with Gasteiger partial charge in [-0.3, -0.25) is 14.4 Å². The van der Waals surface area contributed by atoms with Gasteiger partial charge in [-0.1, -0.05) is 54.2 Å². The number of ether oxygens (including phenoxy) is 1. The molecule has 1 heterocycles. The van der Waals surface area contributed by atoms with Crippen molar-refractivity contribution in [3.05, 3.63) is 83.2 Å². The summed E-state index contributed by atoms with van der Waals surface area (Å²) in [6, 6.07) is 17.3. The molecule has 0 bridgehead atoms. The number of aromatic nitrogens is 2. The van der Waals surface area contributed by atoms with E-state index in [-0.39, 0.29) is 11.5 Å². The lowest BCUT2D eigenvalue weighted by Crippen LogP contribution is -2.22. The number of hydrogen-bond donors (Lipinski definition) is 1. The Labute approximate surface area is 184 Å². The second kappa shape index (κ2) is 10.5. The van der Waals surface area contributed by atoms with E-state index in [1.54, 1.807) is 48.5 Å². The van der Waals surface area contributed by atoms with Gasteiger partial charge in [-0.25, -0.2) is 9.97 Å². The van der Waals surface area contributed by atoms with Gasteiger partial charge in [0.15, 0.2) is 17.5 Å². The van der Waals surface area contributed by atoms with Crippen LogP contribution < -0.4 is 5.32 Å². The summed E-state index contributed by atoms with van der Waals surface area (Å²) < 4.78 is 5.03. The van der Waals surface area contributed by atoms with Gasteiger partial charge in [0.25, 0.3) is 5.91 Å².